The Balaban J connectivity index is 1.80. The van der Waals surface area contributed by atoms with Crippen molar-refractivity contribution in [3.05, 3.63) is 76.2 Å². The van der Waals surface area contributed by atoms with Crippen LogP contribution in [0.1, 0.15) is 17.3 Å². The number of ether oxygens (including phenoxy) is 1. The van der Waals surface area contributed by atoms with E-state index in [1.165, 1.54) is 15.6 Å². The third-order valence-electron chi connectivity index (χ3n) is 5.14. The number of amides is 2. The summed E-state index contributed by atoms with van der Waals surface area (Å²) in [5, 5.41) is 8.50. The number of anilines is 1. The van der Waals surface area contributed by atoms with E-state index >= 15 is 0 Å². The number of carbonyl (C=O) groups is 2. The molecule has 0 radical (unpaired) electrons. The summed E-state index contributed by atoms with van der Waals surface area (Å²) in [5.41, 5.74) is 1.49. The van der Waals surface area contributed by atoms with Crippen LogP contribution in [0.25, 0.3) is 0 Å². The fraction of sp³-hybridized carbons (Fsp3) is 0.292. The highest BCUT2D eigenvalue weighted by atomic mass is 32.3. The van der Waals surface area contributed by atoms with E-state index < -0.39 is 16.1 Å². The summed E-state index contributed by atoms with van der Waals surface area (Å²) in [6.07, 6.45) is 6.56. The Morgan fingerprint density at radius 2 is 1.70 bits per heavy atom. The smallest absolute Gasteiger partial charge is 0.266 e. The largest absolute Gasteiger partial charge is 0.497 e. The van der Waals surface area contributed by atoms with Gasteiger partial charge in [0.15, 0.2) is 0 Å². The molecule has 8 nitrogen and oxygen atoms in total. The molecule has 1 heterocycles. The van der Waals surface area contributed by atoms with Gasteiger partial charge in [-0.25, -0.2) is 10.0 Å². The van der Waals surface area contributed by atoms with Crippen LogP contribution >= 0.6 is 10.0 Å². The number of aromatic amines is 1. The number of carbonyl (C=O) groups excluding carboxylic acids is 2. The van der Waals surface area contributed by atoms with Crippen molar-refractivity contribution in [1.29, 1.82) is 0 Å². The monoisotopic (exact) mass is 470 g/mol. The first-order valence-electron chi connectivity index (χ1n) is 10.3. The van der Waals surface area contributed by atoms with Crippen molar-refractivity contribution in [3.8, 4) is 5.75 Å². The molecule has 0 aliphatic heterocycles. The first-order chi connectivity index (χ1) is 15.6. The molecule has 3 N–H and O–H groups in total. The summed E-state index contributed by atoms with van der Waals surface area (Å²) in [4.78, 5) is 38.8. The lowest BCUT2D eigenvalue weighted by Crippen LogP contribution is -2.37. The van der Waals surface area contributed by atoms with E-state index in [0.717, 1.165) is 0 Å². The molecule has 0 saturated carbocycles. The minimum absolute atomic E-state index is 0.0565. The lowest BCUT2D eigenvalue weighted by Gasteiger charge is -2.26. The molecule has 1 atom stereocenters. The summed E-state index contributed by atoms with van der Waals surface area (Å²) < 4.78 is 6.49. The van der Waals surface area contributed by atoms with Gasteiger partial charge in [-0.2, -0.15) is 0 Å². The molecule has 9 heteroatoms. The SMILES string of the molecule is COc1ccc(C(NC(=O)Cc2cc(=O)n(C)[nH]2)C(=O)Nc2ccc(S(C)(C)C)cc2)cc1. The molecule has 0 fully saturated rings. The molecule has 0 aliphatic rings. The lowest BCUT2D eigenvalue weighted by atomic mass is 10.1. The van der Waals surface area contributed by atoms with Crippen LogP contribution in [0.15, 0.2) is 64.3 Å². The highest BCUT2D eigenvalue weighted by Gasteiger charge is 2.24. The predicted octanol–water partition coefficient (Wildman–Crippen LogP) is 2.81. The predicted molar refractivity (Wildman–Crippen MR) is 132 cm³/mol. The number of rotatable bonds is 8. The summed E-state index contributed by atoms with van der Waals surface area (Å²) >= 11 is 0. The van der Waals surface area contributed by atoms with Gasteiger partial charge in [-0.3, -0.25) is 24.2 Å². The van der Waals surface area contributed by atoms with Crippen LogP contribution in [0.3, 0.4) is 0 Å². The minimum atomic E-state index is -0.924. The second-order valence-corrected chi connectivity index (χ2v) is 12.6. The van der Waals surface area contributed by atoms with Crippen molar-refractivity contribution in [2.75, 3.05) is 31.2 Å². The number of aryl methyl sites for hydroxylation is 1. The first kappa shape index (κ1) is 24.2. The second kappa shape index (κ2) is 9.99. The maximum atomic E-state index is 13.2. The van der Waals surface area contributed by atoms with Crippen molar-refractivity contribution < 1.29 is 14.3 Å². The van der Waals surface area contributed by atoms with E-state index in [2.05, 4.69) is 34.5 Å². The average molecular weight is 471 g/mol. The van der Waals surface area contributed by atoms with Crippen LogP contribution < -0.4 is 20.9 Å². The van der Waals surface area contributed by atoms with Gasteiger partial charge in [-0.1, -0.05) is 12.1 Å². The number of nitrogens with zero attached hydrogens (tertiary/aromatic N) is 1. The van der Waals surface area contributed by atoms with Crippen molar-refractivity contribution in [3.63, 3.8) is 0 Å². The molecule has 33 heavy (non-hydrogen) atoms. The number of aromatic nitrogens is 2. The van der Waals surface area contributed by atoms with Crippen molar-refractivity contribution in [2.24, 2.45) is 7.05 Å². The second-order valence-electron chi connectivity index (χ2n) is 8.48. The molecule has 0 aliphatic carbocycles. The fourth-order valence-electron chi connectivity index (χ4n) is 3.28. The average Bonchev–Trinajstić information content (AvgIpc) is 3.08. The molecular weight excluding hydrogens is 440 g/mol. The van der Waals surface area contributed by atoms with E-state index in [1.54, 1.807) is 38.4 Å². The Hall–Kier alpha value is -3.46. The van der Waals surface area contributed by atoms with Gasteiger partial charge in [-0.05, 0) is 65.6 Å². The summed E-state index contributed by atoms with van der Waals surface area (Å²) in [6.45, 7) is 0. The van der Waals surface area contributed by atoms with Crippen molar-refractivity contribution in [2.45, 2.75) is 17.4 Å². The zero-order valence-corrected chi connectivity index (χ0v) is 20.3. The minimum Gasteiger partial charge on any atom is -0.497 e. The number of hydrogen-bond acceptors (Lipinski definition) is 4. The van der Waals surface area contributed by atoms with E-state index in [0.29, 0.717) is 22.7 Å². The first-order valence-corrected chi connectivity index (χ1v) is 13.2. The molecule has 176 valence electrons. The van der Waals surface area contributed by atoms with Crippen molar-refractivity contribution in [1.82, 2.24) is 15.1 Å². The van der Waals surface area contributed by atoms with E-state index in [1.807, 2.05) is 24.3 Å². The van der Waals surface area contributed by atoms with Gasteiger partial charge in [-0.15, -0.1) is 0 Å². The molecule has 1 unspecified atom stereocenters. The number of hydrogen-bond donors (Lipinski definition) is 3. The van der Waals surface area contributed by atoms with Crippen LogP contribution in [0.2, 0.25) is 0 Å². The molecule has 0 spiro atoms. The van der Waals surface area contributed by atoms with Gasteiger partial charge in [0.1, 0.15) is 11.8 Å². The Kier molecular flexibility index (Phi) is 7.33. The zero-order valence-electron chi connectivity index (χ0n) is 19.5. The zero-order chi connectivity index (χ0) is 24.2. The highest BCUT2D eigenvalue weighted by Crippen LogP contribution is 2.45. The number of benzene rings is 2. The normalized spacial score (nSPS) is 12.6. The number of nitrogens with one attached hydrogen (secondary N) is 3. The maximum absolute atomic E-state index is 13.2. The third kappa shape index (κ3) is 6.29. The Labute approximate surface area is 194 Å². The van der Waals surface area contributed by atoms with Gasteiger partial charge in [0.05, 0.1) is 13.5 Å². The lowest BCUT2D eigenvalue weighted by molar-refractivity contribution is -0.126. The van der Waals surface area contributed by atoms with Crippen LogP contribution in [-0.4, -0.2) is 47.5 Å². The quantitative estimate of drug-likeness (QED) is 0.471. The maximum Gasteiger partial charge on any atom is 0.266 e. The molecule has 0 bridgehead atoms. The van der Waals surface area contributed by atoms with Gasteiger partial charge < -0.3 is 15.4 Å². The summed E-state index contributed by atoms with van der Waals surface area (Å²) in [6, 6.07) is 15.1. The Bertz CT molecular complexity index is 1170. The Morgan fingerprint density at radius 1 is 1.06 bits per heavy atom. The van der Waals surface area contributed by atoms with Crippen LogP contribution in [-0.2, 0) is 23.1 Å². The van der Waals surface area contributed by atoms with Crippen molar-refractivity contribution >= 4 is 27.5 Å². The number of H-pyrrole nitrogens is 1. The van der Waals surface area contributed by atoms with Gasteiger partial charge >= 0.3 is 0 Å². The molecule has 3 aromatic rings. The van der Waals surface area contributed by atoms with E-state index in [-0.39, 0.29) is 23.8 Å². The topological polar surface area (TPSA) is 105 Å². The summed E-state index contributed by atoms with van der Waals surface area (Å²) in [5.74, 6) is -0.114. The Morgan fingerprint density at radius 3 is 2.21 bits per heavy atom. The van der Waals surface area contributed by atoms with Gasteiger partial charge in [0, 0.05) is 24.5 Å². The van der Waals surface area contributed by atoms with Crippen LogP contribution in [0.4, 0.5) is 5.69 Å². The molecule has 2 aromatic carbocycles. The fourth-order valence-corrected chi connectivity index (χ4v) is 4.23. The molecule has 3 rings (SSSR count). The standard InChI is InChI=1S/C24H30N4O4S/c1-28-22(30)15-18(27-28)14-21(29)26-23(16-6-10-19(32-2)11-7-16)24(31)25-17-8-12-20(13-9-17)33(3,4)5/h6-13,15,23,27H,14H2,1-5H3,(H,25,31)(H,26,29). The van der Waals surface area contributed by atoms with Crippen LogP contribution in [0.5, 0.6) is 5.75 Å². The highest BCUT2D eigenvalue weighted by molar-refractivity contribution is 8.32. The van der Waals surface area contributed by atoms with E-state index in [4.69, 9.17) is 4.74 Å². The van der Waals surface area contributed by atoms with E-state index in [9.17, 15) is 14.4 Å². The number of methoxy groups -OCH3 is 1. The molecule has 2 amide bonds. The third-order valence-corrected chi connectivity index (χ3v) is 6.82. The molecular formula is C24H30N4O4S. The summed E-state index contributed by atoms with van der Waals surface area (Å²) in [7, 11) is 2.26. The molecule has 0 saturated heterocycles. The van der Waals surface area contributed by atoms with Gasteiger partial charge in [0.2, 0.25) is 5.91 Å². The van der Waals surface area contributed by atoms with Gasteiger partial charge in [0.25, 0.3) is 11.5 Å². The van der Waals surface area contributed by atoms with Crippen LogP contribution in [0, 0.1) is 0 Å². The molecule has 1 aromatic heterocycles.